The van der Waals surface area contributed by atoms with Gasteiger partial charge in [0.15, 0.2) is 28.6 Å². The van der Waals surface area contributed by atoms with Crippen LogP contribution < -0.4 is 9.47 Å². The van der Waals surface area contributed by atoms with Crippen molar-refractivity contribution < 1.29 is 50.0 Å². The molecule has 0 fully saturated rings. The predicted molar refractivity (Wildman–Crippen MR) is 101 cm³/mol. The van der Waals surface area contributed by atoms with E-state index in [9.17, 15) is 40.5 Å². The maximum Gasteiger partial charge on any atom is 0.337 e. The number of carbonyl (C=O) groups is 1. The predicted octanol–water partition coefficient (Wildman–Crippen LogP) is 0.424. The van der Waals surface area contributed by atoms with E-state index in [2.05, 4.69) is 0 Å². The Kier molecular flexibility index (Phi) is 5.42. The van der Waals surface area contributed by atoms with Crippen molar-refractivity contribution >= 4 is 5.97 Å². The van der Waals surface area contributed by atoms with Crippen molar-refractivity contribution in [2.24, 2.45) is 5.92 Å². The molecule has 4 atom stereocenters. The lowest BCUT2D eigenvalue weighted by atomic mass is 9.62. The molecule has 2 aromatic rings. The minimum atomic E-state index is -2.74. The first-order valence-corrected chi connectivity index (χ1v) is 8.87. The Labute approximate surface area is 170 Å². The van der Waals surface area contributed by atoms with E-state index in [4.69, 9.17) is 9.47 Å². The molecule has 0 spiro atoms. The van der Waals surface area contributed by atoms with Crippen molar-refractivity contribution in [2.45, 2.75) is 17.6 Å². The summed E-state index contributed by atoms with van der Waals surface area (Å²) in [5.41, 5.74) is -2.59. The van der Waals surface area contributed by atoms with Gasteiger partial charge < -0.3 is 45.2 Å². The van der Waals surface area contributed by atoms with Crippen LogP contribution in [-0.4, -0.2) is 68.1 Å². The number of fused-ring (bicyclic) bond motifs is 1. The molecule has 0 unspecified atom stereocenters. The summed E-state index contributed by atoms with van der Waals surface area (Å²) in [4.78, 5) is 12.2. The smallest absolute Gasteiger partial charge is 0.337 e. The topological polar surface area (TPSA) is 177 Å². The number of aliphatic hydroxyl groups excluding tert-OH is 2. The summed E-state index contributed by atoms with van der Waals surface area (Å²) < 4.78 is 10.0. The number of aromatic hydroxyl groups is 3. The second-order valence-electron chi connectivity index (χ2n) is 7.04. The molecule has 0 aromatic heterocycles. The number of carboxylic acid groups (broad SMARTS) is 1. The monoisotopic (exact) mass is 422 g/mol. The summed E-state index contributed by atoms with van der Waals surface area (Å²) in [6.45, 7) is -0.885. The van der Waals surface area contributed by atoms with Crippen molar-refractivity contribution in [3.05, 3.63) is 41.0 Å². The zero-order chi connectivity index (χ0) is 22.4. The Balaban J connectivity index is 2.40. The molecule has 10 nitrogen and oxygen atoms in total. The first kappa shape index (κ1) is 21.5. The molecule has 0 amide bonds. The molecular formula is C20H22O10. The number of ether oxygens (including phenoxy) is 2. The lowest BCUT2D eigenvalue weighted by Crippen LogP contribution is -2.57. The molecular weight excluding hydrogens is 400 g/mol. The van der Waals surface area contributed by atoms with E-state index in [1.54, 1.807) is 0 Å². The van der Waals surface area contributed by atoms with Gasteiger partial charge in [-0.05, 0) is 41.0 Å². The van der Waals surface area contributed by atoms with E-state index in [1.165, 1.54) is 26.4 Å². The second kappa shape index (κ2) is 7.56. The molecule has 1 aliphatic carbocycles. The Morgan fingerprint density at radius 1 is 1.00 bits per heavy atom. The number of carboxylic acids is 1. The highest BCUT2D eigenvalue weighted by Gasteiger charge is 2.58. The standard InChI is InChI=1S/C20H22O10/c1-29-14-6-10-9(5-12(14)22)16(8-3-13(23)18(25)15(4-8)30-2)20(28,19(26)27)11(7-21)17(10)24/h3-6,11,16-17,21-25,28H,7H2,1-2H3,(H,26,27)/t11-,16-,17+,20+/m0/s1. The number of methoxy groups -OCH3 is 2. The van der Waals surface area contributed by atoms with Gasteiger partial charge in [0.1, 0.15) is 0 Å². The van der Waals surface area contributed by atoms with Gasteiger partial charge in [0.05, 0.1) is 32.8 Å². The van der Waals surface area contributed by atoms with Crippen LogP contribution in [0.15, 0.2) is 24.3 Å². The maximum absolute atomic E-state index is 12.2. The normalized spacial score (nSPS) is 25.4. The SMILES string of the molecule is COc1cc2c(cc1O)[C@H](c1cc(O)c(O)c(OC)c1)[C@@](O)(C(=O)O)[C@@H](CO)[C@@H]2O. The molecule has 0 saturated carbocycles. The van der Waals surface area contributed by atoms with E-state index < -0.39 is 47.6 Å². The third-order valence-electron chi connectivity index (χ3n) is 5.57. The van der Waals surface area contributed by atoms with Gasteiger partial charge in [-0.15, -0.1) is 0 Å². The van der Waals surface area contributed by atoms with Gasteiger partial charge in [0, 0.05) is 5.92 Å². The lowest BCUT2D eigenvalue weighted by Gasteiger charge is -2.46. The number of phenols is 3. The Morgan fingerprint density at radius 3 is 2.17 bits per heavy atom. The first-order valence-electron chi connectivity index (χ1n) is 8.87. The number of aliphatic carboxylic acids is 1. The average molecular weight is 422 g/mol. The highest BCUT2D eigenvalue weighted by atomic mass is 16.5. The summed E-state index contributed by atoms with van der Waals surface area (Å²) in [5.74, 6) is -6.57. The number of phenolic OH excluding ortho intramolecular Hbond substituents is 3. The fourth-order valence-electron chi connectivity index (χ4n) is 4.07. The number of hydrogen-bond acceptors (Lipinski definition) is 9. The van der Waals surface area contributed by atoms with Crippen LogP contribution >= 0.6 is 0 Å². The Hall–Kier alpha value is -3.21. The van der Waals surface area contributed by atoms with Crippen LogP contribution in [0.4, 0.5) is 0 Å². The molecule has 0 bridgehead atoms. The fourth-order valence-corrected chi connectivity index (χ4v) is 4.07. The largest absolute Gasteiger partial charge is 0.504 e. The summed E-state index contributed by atoms with van der Waals surface area (Å²) in [5, 5.41) is 72.0. The quantitative estimate of drug-likeness (QED) is 0.334. The minimum Gasteiger partial charge on any atom is -0.504 e. The van der Waals surface area contributed by atoms with Crippen LogP contribution in [-0.2, 0) is 4.79 Å². The van der Waals surface area contributed by atoms with Crippen LogP contribution in [0.1, 0.15) is 28.7 Å². The molecule has 0 heterocycles. The number of hydrogen-bond donors (Lipinski definition) is 7. The second-order valence-corrected chi connectivity index (χ2v) is 7.04. The molecule has 3 rings (SSSR count). The van der Waals surface area contributed by atoms with Gasteiger partial charge in [-0.3, -0.25) is 0 Å². The van der Waals surface area contributed by atoms with Crippen molar-refractivity contribution in [2.75, 3.05) is 20.8 Å². The van der Waals surface area contributed by atoms with Gasteiger partial charge >= 0.3 is 5.97 Å². The summed E-state index contributed by atoms with van der Waals surface area (Å²) in [6, 6.07) is 4.67. The van der Waals surface area contributed by atoms with Crippen LogP contribution in [0.5, 0.6) is 28.7 Å². The fraction of sp³-hybridized carbons (Fsp3) is 0.350. The molecule has 0 saturated heterocycles. The number of benzene rings is 2. The lowest BCUT2D eigenvalue weighted by molar-refractivity contribution is -0.180. The molecule has 0 radical (unpaired) electrons. The molecule has 1 aliphatic rings. The third kappa shape index (κ3) is 2.96. The van der Waals surface area contributed by atoms with E-state index in [0.29, 0.717) is 0 Å². The van der Waals surface area contributed by atoms with Crippen LogP contribution in [0.3, 0.4) is 0 Å². The molecule has 10 heteroatoms. The summed E-state index contributed by atoms with van der Waals surface area (Å²) >= 11 is 0. The van der Waals surface area contributed by atoms with Gasteiger partial charge in [-0.2, -0.15) is 0 Å². The van der Waals surface area contributed by atoms with Gasteiger partial charge in [-0.1, -0.05) is 0 Å². The van der Waals surface area contributed by atoms with E-state index in [-0.39, 0.29) is 33.9 Å². The van der Waals surface area contributed by atoms with Crippen LogP contribution in [0, 0.1) is 5.92 Å². The molecule has 30 heavy (non-hydrogen) atoms. The summed E-state index contributed by atoms with van der Waals surface area (Å²) in [7, 11) is 2.50. The highest BCUT2D eigenvalue weighted by molar-refractivity contribution is 5.82. The minimum absolute atomic E-state index is 0.00298. The Bertz CT molecular complexity index is 988. The zero-order valence-corrected chi connectivity index (χ0v) is 16.1. The maximum atomic E-state index is 12.2. The van der Waals surface area contributed by atoms with Crippen LogP contribution in [0.2, 0.25) is 0 Å². The van der Waals surface area contributed by atoms with Crippen molar-refractivity contribution in [3.63, 3.8) is 0 Å². The molecule has 7 N–H and O–H groups in total. The summed E-state index contributed by atoms with van der Waals surface area (Å²) in [6.07, 6.45) is -1.61. The number of rotatable bonds is 5. The Morgan fingerprint density at radius 2 is 1.63 bits per heavy atom. The number of aliphatic hydroxyl groups is 3. The average Bonchev–Trinajstić information content (AvgIpc) is 2.70. The van der Waals surface area contributed by atoms with E-state index >= 15 is 0 Å². The van der Waals surface area contributed by atoms with Gasteiger partial charge in [0.2, 0.25) is 5.75 Å². The van der Waals surface area contributed by atoms with Crippen LogP contribution in [0.25, 0.3) is 0 Å². The zero-order valence-electron chi connectivity index (χ0n) is 16.1. The van der Waals surface area contributed by atoms with E-state index in [1.807, 2.05) is 0 Å². The first-order chi connectivity index (χ1) is 14.1. The highest BCUT2D eigenvalue weighted by Crippen LogP contribution is 2.54. The van der Waals surface area contributed by atoms with Gasteiger partial charge in [-0.25, -0.2) is 4.79 Å². The van der Waals surface area contributed by atoms with Crippen molar-refractivity contribution in [1.82, 2.24) is 0 Å². The van der Waals surface area contributed by atoms with Crippen molar-refractivity contribution in [1.29, 1.82) is 0 Å². The third-order valence-corrected chi connectivity index (χ3v) is 5.57. The van der Waals surface area contributed by atoms with Crippen molar-refractivity contribution in [3.8, 4) is 28.7 Å². The molecule has 162 valence electrons. The molecule has 2 aromatic carbocycles. The molecule has 0 aliphatic heterocycles. The van der Waals surface area contributed by atoms with Gasteiger partial charge in [0.25, 0.3) is 0 Å². The van der Waals surface area contributed by atoms with E-state index in [0.717, 1.165) is 12.1 Å².